The zero-order valence-electron chi connectivity index (χ0n) is 5.33. The molecule has 0 aromatic heterocycles. The zero-order chi connectivity index (χ0) is 6.83. The van der Waals surface area contributed by atoms with Gasteiger partial charge < -0.3 is 0 Å². The van der Waals surface area contributed by atoms with Gasteiger partial charge in [-0.3, -0.25) is 4.99 Å². The summed E-state index contributed by atoms with van der Waals surface area (Å²) in [5.41, 5.74) is 0. The summed E-state index contributed by atoms with van der Waals surface area (Å²) in [5.74, 6) is 0. The van der Waals surface area contributed by atoms with E-state index < -0.39 is 0 Å². The van der Waals surface area contributed by atoms with E-state index in [-0.39, 0.29) is 0 Å². The van der Waals surface area contributed by atoms with Crippen LogP contribution in [0.15, 0.2) is 17.3 Å². The van der Waals surface area contributed by atoms with Crippen molar-refractivity contribution in [1.82, 2.24) is 0 Å². The third-order valence-corrected chi connectivity index (χ3v) is 0.384. The van der Waals surface area contributed by atoms with E-state index in [0.29, 0.717) is 0 Å². The van der Waals surface area contributed by atoms with E-state index in [1.807, 2.05) is 19.9 Å². The van der Waals surface area contributed by atoms with Gasteiger partial charge in [0.05, 0.1) is 0 Å². The average molecular weight is 109 g/mol. The third kappa shape index (κ3) is 20.2. The minimum absolute atomic E-state index is 1.75. The predicted octanol–water partition coefficient (Wildman–Crippen LogP) is 1.86. The van der Waals surface area contributed by atoms with Gasteiger partial charge in [0.1, 0.15) is 0 Å². The van der Waals surface area contributed by atoms with Crippen molar-refractivity contribution < 1.29 is 0 Å². The summed E-state index contributed by atoms with van der Waals surface area (Å²) in [4.78, 5) is 3.78. The number of rotatable bonds is 1. The van der Waals surface area contributed by atoms with Crippen molar-refractivity contribution in [2.75, 3.05) is 0 Å². The number of allylic oxidation sites excluding steroid dienone is 1. The van der Waals surface area contributed by atoms with Gasteiger partial charge in [-0.25, -0.2) is 0 Å². The number of terminal acetylenes is 1. The van der Waals surface area contributed by atoms with Crippen molar-refractivity contribution in [2.24, 2.45) is 4.99 Å². The van der Waals surface area contributed by atoms with E-state index in [1.54, 1.807) is 12.4 Å². The maximum absolute atomic E-state index is 4.00. The van der Waals surface area contributed by atoms with Crippen molar-refractivity contribution in [3.63, 3.8) is 0 Å². The summed E-state index contributed by atoms with van der Waals surface area (Å²) in [6.07, 6.45) is 13.4. The third-order valence-electron chi connectivity index (χ3n) is 0.384. The molecule has 0 saturated carbocycles. The SMILES string of the molecule is C#C.CC=N/C=C\C. The highest BCUT2D eigenvalue weighted by atomic mass is 14.6. The summed E-state index contributed by atoms with van der Waals surface area (Å²) in [7, 11) is 0. The molecular weight excluding hydrogens is 98.1 g/mol. The molecule has 0 unspecified atom stereocenters. The van der Waals surface area contributed by atoms with E-state index in [1.165, 1.54) is 0 Å². The van der Waals surface area contributed by atoms with E-state index >= 15 is 0 Å². The van der Waals surface area contributed by atoms with Crippen LogP contribution in [-0.2, 0) is 0 Å². The molecule has 0 heterocycles. The van der Waals surface area contributed by atoms with Crippen LogP contribution in [0.3, 0.4) is 0 Å². The van der Waals surface area contributed by atoms with Crippen LogP contribution >= 0.6 is 0 Å². The molecule has 0 rings (SSSR count). The lowest BCUT2D eigenvalue weighted by Crippen LogP contribution is -1.49. The molecular formula is C7H11N. The molecule has 0 aromatic rings. The van der Waals surface area contributed by atoms with Gasteiger partial charge in [-0.2, -0.15) is 0 Å². The van der Waals surface area contributed by atoms with Gasteiger partial charge in [-0.1, -0.05) is 6.08 Å². The van der Waals surface area contributed by atoms with Crippen LogP contribution in [0, 0.1) is 12.8 Å². The Balaban J connectivity index is 0. The van der Waals surface area contributed by atoms with Crippen LogP contribution in [0.1, 0.15) is 13.8 Å². The molecule has 8 heavy (non-hydrogen) atoms. The first kappa shape index (κ1) is 10.1. The molecule has 0 bridgehead atoms. The second kappa shape index (κ2) is 16.7. The first-order valence-electron chi connectivity index (χ1n) is 2.34. The predicted molar refractivity (Wildman–Crippen MR) is 38.9 cm³/mol. The number of hydrogen-bond donors (Lipinski definition) is 0. The Bertz CT molecular complexity index is 77.8. The first-order chi connectivity index (χ1) is 3.91. The lowest BCUT2D eigenvalue weighted by molar-refractivity contribution is 1.53. The number of nitrogens with zero attached hydrogens (tertiary/aromatic N) is 1. The highest BCUT2D eigenvalue weighted by Gasteiger charge is 1.48. The Hall–Kier alpha value is -1.03. The molecule has 0 aliphatic heterocycles. The van der Waals surface area contributed by atoms with Crippen molar-refractivity contribution in [3.05, 3.63) is 12.3 Å². The van der Waals surface area contributed by atoms with E-state index in [0.717, 1.165) is 0 Å². The van der Waals surface area contributed by atoms with Gasteiger partial charge in [0.15, 0.2) is 0 Å². The maximum atomic E-state index is 4.00. The smallest absolute Gasteiger partial charge is 0.0221 e. The fourth-order valence-corrected chi connectivity index (χ4v) is 0.172. The summed E-state index contributed by atoms with van der Waals surface area (Å²) < 4.78 is 0. The second-order valence-corrected chi connectivity index (χ2v) is 0.890. The quantitative estimate of drug-likeness (QED) is 0.360. The molecule has 44 valence electrons. The minimum Gasteiger partial charge on any atom is -0.270 e. The van der Waals surface area contributed by atoms with Crippen molar-refractivity contribution in [3.8, 4) is 12.8 Å². The Labute approximate surface area is 51.1 Å². The van der Waals surface area contributed by atoms with Crippen molar-refractivity contribution in [2.45, 2.75) is 13.8 Å². The number of hydrogen-bond acceptors (Lipinski definition) is 1. The molecule has 0 aromatic carbocycles. The molecule has 0 spiro atoms. The summed E-state index contributed by atoms with van der Waals surface area (Å²) >= 11 is 0. The molecule has 0 aliphatic carbocycles. The maximum Gasteiger partial charge on any atom is 0.0221 e. The first-order valence-corrected chi connectivity index (χ1v) is 2.34. The summed E-state index contributed by atoms with van der Waals surface area (Å²) in [6, 6.07) is 0. The zero-order valence-corrected chi connectivity index (χ0v) is 5.33. The van der Waals surface area contributed by atoms with Gasteiger partial charge in [-0.15, -0.1) is 12.8 Å². The van der Waals surface area contributed by atoms with Crippen LogP contribution in [0.5, 0.6) is 0 Å². The van der Waals surface area contributed by atoms with Gasteiger partial charge in [-0.05, 0) is 13.8 Å². The lowest BCUT2D eigenvalue weighted by atomic mass is 10.7. The Morgan fingerprint density at radius 2 is 1.75 bits per heavy atom. The van der Waals surface area contributed by atoms with Gasteiger partial charge in [0.2, 0.25) is 0 Å². The highest BCUT2D eigenvalue weighted by Crippen LogP contribution is 1.67. The normalized spacial score (nSPS) is 9.00. The van der Waals surface area contributed by atoms with E-state index in [9.17, 15) is 0 Å². The van der Waals surface area contributed by atoms with Crippen LogP contribution in [0.2, 0.25) is 0 Å². The fourth-order valence-electron chi connectivity index (χ4n) is 0.172. The average Bonchev–Trinajstić information content (AvgIpc) is 1.88. The molecule has 1 heteroatoms. The van der Waals surface area contributed by atoms with Crippen LogP contribution in [0.4, 0.5) is 0 Å². The second-order valence-electron chi connectivity index (χ2n) is 0.890. The Morgan fingerprint density at radius 3 is 1.88 bits per heavy atom. The molecule has 0 aliphatic rings. The largest absolute Gasteiger partial charge is 0.270 e. The minimum atomic E-state index is 1.75. The van der Waals surface area contributed by atoms with Crippen LogP contribution in [-0.4, -0.2) is 6.21 Å². The molecule has 1 nitrogen and oxygen atoms in total. The lowest BCUT2D eigenvalue weighted by Gasteiger charge is -1.64. The van der Waals surface area contributed by atoms with Crippen molar-refractivity contribution in [1.29, 1.82) is 0 Å². The number of aliphatic imine (C=N–C) groups is 1. The Kier molecular flexibility index (Phi) is 21.0. The summed E-state index contributed by atoms with van der Waals surface area (Å²) in [5, 5.41) is 0. The van der Waals surface area contributed by atoms with E-state index in [4.69, 9.17) is 0 Å². The molecule has 0 atom stereocenters. The fraction of sp³-hybridized carbons (Fsp3) is 0.286. The van der Waals surface area contributed by atoms with Crippen molar-refractivity contribution >= 4 is 6.21 Å². The molecule has 0 N–H and O–H groups in total. The topological polar surface area (TPSA) is 12.4 Å². The standard InChI is InChI=1S/C5H9N.C2H2/c1-3-5-6-4-2;1-2/h3-5H,1-2H3;1-2H/b5-3-,6-4?;. The Morgan fingerprint density at radius 1 is 1.25 bits per heavy atom. The highest BCUT2D eigenvalue weighted by molar-refractivity contribution is 5.54. The summed E-state index contributed by atoms with van der Waals surface area (Å²) in [6.45, 7) is 3.83. The monoisotopic (exact) mass is 109 g/mol. The van der Waals surface area contributed by atoms with Crippen LogP contribution in [0.25, 0.3) is 0 Å². The van der Waals surface area contributed by atoms with Crippen LogP contribution < -0.4 is 0 Å². The van der Waals surface area contributed by atoms with E-state index in [2.05, 4.69) is 17.8 Å². The molecule has 0 amide bonds. The van der Waals surface area contributed by atoms with Gasteiger partial charge >= 0.3 is 0 Å². The molecule has 0 fully saturated rings. The molecule has 0 radical (unpaired) electrons. The van der Waals surface area contributed by atoms with Gasteiger partial charge in [0, 0.05) is 12.4 Å². The molecule has 0 saturated heterocycles. The van der Waals surface area contributed by atoms with Gasteiger partial charge in [0.25, 0.3) is 0 Å².